The van der Waals surface area contributed by atoms with E-state index in [4.69, 9.17) is 0 Å². The molecule has 0 radical (unpaired) electrons. The van der Waals surface area contributed by atoms with Gasteiger partial charge in [-0.2, -0.15) is 0 Å². The molecular weight excluding hydrogens is 498 g/mol. The highest BCUT2D eigenvalue weighted by atomic mass is 16.3. The number of anilines is 1. The third kappa shape index (κ3) is 4.97. The van der Waals surface area contributed by atoms with Crippen LogP contribution in [-0.2, 0) is 10.4 Å². The minimum Gasteiger partial charge on any atom is -0.375 e. The minimum atomic E-state index is -1.88. The van der Waals surface area contributed by atoms with Crippen LogP contribution in [0.25, 0.3) is 0 Å². The average Bonchev–Trinajstić information content (AvgIpc) is 3.21. The van der Waals surface area contributed by atoms with Gasteiger partial charge in [-0.3, -0.25) is 24.3 Å². The zero-order valence-corrected chi connectivity index (χ0v) is 22.4. The number of fused-ring (bicyclic) bond motifs is 1. The molecule has 2 heterocycles. The first-order valence-electron chi connectivity index (χ1n) is 13.8. The van der Waals surface area contributed by atoms with E-state index >= 15 is 0 Å². The Morgan fingerprint density at radius 2 is 1.25 bits per heavy atom. The van der Waals surface area contributed by atoms with E-state index in [2.05, 4.69) is 58.3 Å². The predicted octanol–water partition coefficient (Wildman–Crippen LogP) is 4.86. The number of hydrogen-bond donors (Lipinski definition) is 1. The summed E-state index contributed by atoms with van der Waals surface area (Å²) in [6, 6.07) is 37.4. The zero-order chi connectivity index (χ0) is 27.5. The highest BCUT2D eigenvalue weighted by molar-refractivity contribution is 6.10. The molecule has 0 bridgehead atoms. The molecule has 0 aliphatic carbocycles. The van der Waals surface area contributed by atoms with E-state index in [1.165, 1.54) is 11.1 Å². The molecule has 1 saturated heterocycles. The summed E-state index contributed by atoms with van der Waals surface area (Å²) in [5.41, 5.74) is 2.30. The van der Waals surface area contributed by atoms with Crippen LogP contribution in [0.5, 0.6) is 0 Å². The first-order valence-corrected chi connectivity index (χ1v) is 13.8. The van der Waals surface area contributed by atoms with Crippen LogP contribution >= 0.6 is 0 Å². The Labute approximate surface area is 235 Å². The molecule has 2 aliphatic rings. The summed E-state index contributed by atoms with van der Waals surface area (Å²) in [7, 11) is 0. The van der Waals surface area contributed by atoms with Gasteiger partial charge in [0.2, 0.25) is 0 Å². The standard InChI is InChI=1S/C34H33N3O3/c38-31(26-12-4-1-5-13-26)24-34(40)29-18-10-11-19-30(29)37(33(34)39)25-35-20-22-36(23-21-35)32(27-14-6-2-7-15-27)28-16-8-3-9-17-28/h1-19,32,40H,20-25H2. The molecule has 4 aromatic carbocycles. The summed E-state index contributed by atoms with van der Waals surface area (Å²) >= 11 is 0. The summed E-state index contributed by atoms with van der Waals surface area (Å²) in [5, 5.41) is 11.7. The van der Waals surface area contributed by atoms with Gasteiger partial charge >= 0.3 is 0 Å². The fourth-order valence-corrected chi connectivity index (χ4v) is 6.02. The van der Waals surface area contributed by atoms with E-state index in [9.17, 15) is 14.7 Å². The van der Waals surface area contributed by atoms with Crippen molar-refractivity contribution < 1.29 is 14.7 Å². The maximum absolute atomic E-state index is 13.8. The van der Waals surface area contributed by atoms with Crippen LogP contribution in [0.3, 0.4) is 0 Å². The lowest BCUT2D eigenvalue weighted by Gasteiger charge is -2.41. The monoisotopic (exact) mass is 531 g/mol. The van der Waals surface area contributed by atoms with Gasteiger partial charge in [0.25, 0.3) is 5.91 Å². The highest BCUT2D eigenvalue weighted by Crippen LogP contribution is 2.43. The number of Topliss-reactive ketones (excluding diaryl/α,β-unsaturated/α-hetero) is 1. The SMILES string of the molecule is O=C(CC1(O)C(=O)N(CN2CCN(C(c3ccccc3)c3ccccc3)CC2)c2ccccc21)c1ccccc1. The summed E-state index contributed by atoms with van der Waals surface area (Å²) in [5.74, 6) is -0.693. The predicted molar refractivity (Wildman–Crippen MR) is 156 cm³/mol. The highest BCUT2D eigenvalue weighted by Gasteiger charge is 2.51. The van der Waals surface area contributed by atoms with E-state index in [0.29, 0.717) is 23.5 Å². The third-order valence-electron chi connectivity index (χ3n) is 8.10. The van der Waals surface area contributed by atoms with Crippen molar-refractivity contribution >= 4 is 17.4 Å². The van der Waals surface area contributed by atoms with Crippen molar-refractivity contribution in [2.45, 2.75) is 18.1 Å². The number of carbonyl (C=O) groups is 2. The number of aliphatic hydroxyl groups is 1. The molecular formula is C34H33N3O3. The zero-order valence-electron chi connectivity index (χ0n) is 22.4. The molecule has 40 heavy (non-hydrogen) atoms. The van der Waals surface area contributed by atoms with Crippen LogP contribution in [0.15, 0.2) is 115 Å². The number of rotatable bonds is 8. The number of carbonyl (C=O) groups excluding carboxylic acids is 2. The summed E-state index contributed by atoms with van der Waals surface area (Å²) < 4.78 is 0. The first kappa shape index (κ1) is 26.1. The van der Waals surface area contributed by atoms with Gasteiger partial charge in [0.05, 0.1) is 24.8 Å². The van der Waals surface area contributed by atoms with Crippen LogP contribution in [0.2, 0.25) is 0 Å². The summed E-state index contributed by atoms with van der Waals surface area (Å²) in [6.07, 6.45) is -0.285. The van der Waals surface area contributed by atoms with Crippen molar-refractivity contribution in [3.63, 3.8) is 0 Å². The van der Waals surface area contributed by atoms with E-state index < -0.39 is 11.5 Å². The van der Waals surface area contributed by atoms with Gasteiger partial charge in [-0.15, -0.1) is 0 Å². The minimum absolute atomic E-state index is 0.160. The fraction of sp³-hybridized carbons (Fsp3) is 0.235. The molecule has 1 N–H and O–H groups in total. The van der Waals surface area contributed by atoms with Gasteiger partial charge in [0.15, 0.2) is 11.4 Å². The van der Waals surface area contributed by atoms with E-state index in [1.54, 1.807) is 41.3 Å². The number of nitrogens with zero attached hydrogens (tertiary/aromatic N) is 3. The molecule has 202 valence electrons. The van der Waals surface area contributed by atoms with Crippen LogP contribution in [0.4, 0.5) is 5.69 Å². The normalized spacial score (nSPS) is 19.6. The Balaban J connectivity index is 1.18. The lowest BCUT2D eigenvalue weighted by molar-refractivity contribution is -0.136. The van der Waals surface area contributed by atoms with Crippen LogP contribution in [-0.4, -0.2) is 59.4 Å². The number of para-hydroxylation sites is 1. The number of piperazine rings is 1. The Morgan fingerprint density at radius 3 is 1.85 bits per heavy atom. The molecule has 1 unspecified atom stereocenters. The van der Waals surface area contributed by atoms with E-state index in [-0.39, 0.29) is 18.2 Å². The molecule has 6 nitrogen and oxygen atoms in total. The number of hydrogen-bond acceptors (Lipinski definition) is 5. The quantitative estimate of drug-likeness (QED) is 0.329. The maximum Gasteiger partial charge on any atom is 0.265 e. The van der Waals surface area contributed by atoms with Crippen LogP contribution < -0.4 is 4.90 Å². The number of ketones is 1. The van der Waals surface area contributed by atoms with Gasteiger partial charge in [-0.25, -0.2) is 0 Å². The molecule has 1 amide bonds. The second-order valence-electron chi connectivity index (χ2n) is 10.6. The van der Waals surface area contributed by atoms with Crippen LogP contribution in [0, 0.1) is 0 Å². The molecule has 0 spiro atoms. The molecule has 6 rings (SSSR count). The van der Waals surface area contributed by atoms with Crippen molar-refractivity contribution in [2.75, 3.05) is 37.7 Å². The molecule has 1 fully saturated rings. The van der Waals surface area contributed by atoms with E-state index in [0.717, 1.165) is 26.2 Å². The molecule has 4 aromatic rings. The van der Waals surface area contributed by atoms with Gasteiger partial charge < -0.3 is 5.11 Å². The summed E-state index contributed by atoms with van der Waals surface area (Å²) in [6.45, 7) is 3.61. The Kier molecular flexibility index (Phi) is 7.30. The van der Waals surface area contributed by atoms with E-state index in [1.807, 2.05) is 30.3 Å². The van der Waals surface area contributed by atoms with Crippen molar-refractivity contribution in [3.05, 3.63) is 138 Å². The third-order valence-corrected chi connectivity index (χ3v) is 8.10. The average molecular weight is 532 g/mol. The molecule has 0 saturated carbocycles. The van der Waals surface area contributed by atoms with Crippen molar-refractivity contribution in [3.8, 4) is 0 Å². The van der Waals surface area contributed by atoms with Gasteiger partial charge in [0, 0.05) is 37.3 Å². The molecule has 6 heteroatoms. The smallest absolute Gasteiger partial charge is 0.265 e. The number of amides is 1. The van der Waals surface area contributed by atoms with Gasteiger partial charge in [-0.1, -0.05) is 109 Å². The fourth-order valence-electron chi connectivity index (χ4n) is 6.02. The Bertz CT molecular complexity index is 1430. The first-order chi connectivity index (χ1) is 19.5. The molecule has 1 atom stereocenters. The maximum atomic E-state index is 13.8. The molecule has 2 aliphatic heterocycles. The Morgan fingerprint density at radius 1 is 0.725 bits per heavy atom. The van der Waals surface area contributed by atoms with Crippen molar-refractivity contribution in [1.29, 1.82) is 0 Å². The van der Waals surface area contributed by atoms with Crippen molar-refractivity contribution in [2.24, 2.45) is 0 Å². The largest absolute Gasteiger partial charge is 0.375 e. The molecule has 0 aromatic heterocycles. The second-order valence-corrected chi connectivity index (χ2v) is 10.6. The van der Waals surface area contributed by atoms with Gasteiger partial charge in [0.1, 0.15) is 0 Å². The number of benzene rings is 4. The van der Waals surface area contributed by atoms with Crippen molar-refractivity contribution in [1.82, 2.24) is 9.80 Å². The summed E-state index contributed by atoms with van der Waals surface area (Å²) in [4.78, 5) is 33.2. The lowest BCUT2D eigenvalue weighted by atomic mass is 9.88. The second kappa shape index (κ2) is 11.2. The topological polar surface area (TPSA) is 64.1 Å². The Hall–Kier alpha value is -4.10. The van der Waals surface area contributed by atoms with Crippen LogP contribution in [0.1, 0.15) is 39.5 Å². The van der Waals surface area contributed by atoms with Gasteiger partial charge in [-0.05, 0) is 17.2 Å². The lowest BCUT2D eigenvalue weighted by Crippen LogP contribution is -2.53.